The molecule has 1 saturated carbocycles. The van der Waals surface area contributed by atoms with E-state index in [9.17, 15) is 0 Å². The summed E-state index contributed by atoms with van der Waals surface area (Å²) in [5, 5.41) is 0. The molecular weight excluding hydrogens is 210 g/mol. The maximum absolute atomic E-state index is 5.94. The van der Waals surface area contributed by atoms with Crippen LogP contribution in [0.1, 0.15) is 36.4 Å². The average Bonchev–Trinajstić information content (AvgIpc) is 2.27. The smallest absolute Gasteiger partial charge is 0.0485 e. The van der Waals surface area contributed by atoms with Crippen molar-refractivity contribution in [3.8, 4) is 0 Å². The highest BCUT2D eigenvalue weighted by atomic mass is 15.1. The molecule has 1 heterocycles. The normalized spacial score (nSPS) is 18.1. The molecule has 0 aromatic carbocycles. The van der Waals surface area contributed by atoms with Gasteiger partial charge in [-0.1, -0.05) is 6.42 Å². The lowest BCUT2D eigenvalue weighted by Gasteiger charge is -2.35. The van der Waals surface area contributed by atoms with E-state index in [0.717, 1.165) is 12.5 Å². The van der Waals surface area contributed by atoms with Crippen molar-refractivity contribution in [2.45, 2.75) is 32.2 Å². The molecule has 3 nitrogen and oxygen atoms in total. The van der Waals surface area contributed by atoms with E-state index in [1.807, 2.05) is 12.4 Å². The third kappa shape index (κ3) is 2.85. The molecule has 3 heteroatoms. The van der Waals surface area contributed by atoms with Gasteiger partial charge >= 0.3 is 0 Å². The quantitative estimate of drug-likeness (QED) is 0.847. The molecule has 2 rings (SSSR count). The van der Waals surface area contributed by atoms with E-state index in [4.69, 9.17) is 5.73 Å². The van der Waals surface area contributed by atoms with E-state index in [2.05, 4.69) is 29.9 Å². The zero-order valence-electron chi connectivity index (χ0n) is 10.9. The fraction of sp³-hybridized carbons (Fsp3) is 0.643. The molecule has 1 aromatic rings. The SMILES string of the molecule is Cc1ccncc1C(CN)N(C)CC1CCC1. The summed E-state index contributed by atoms with van der Waals surface area (Å²) >= 11 is 0. The van der Waals surface area contributed by atoms with Gasteiger partial charge in [0.25, 0.3) is 0 Å². The van der Waals surface area contributed by atoms with Crippen molar-refractivity contribution in [2.75, 3.05) is 20.1 Å². The Balaban J connectivity index is 2.06. The molecule has 0 amide bonds. The van der Waals surface area contributed by atoms with Gasteiger partial charge in [0.05, 0.1) is 0 Å². The Labute approximate surface area is 104 Å². The number of aryl methyl sites for hydroxylation is 1. The van der Waals surface area contributed by atoms with E-state index in [0.29, 0.717) is 12.6 Å². The molecule has 0 saturated heterocycles. The predicted octanol–water partition coefficient (Wildman–Crippen LogP) is 2.12. The lowest BCUT2D eigenvalue weighted by molar-refractivity contribution is 0.164. The van der Waals surface area contributed by atoms with Crippen molar-refractivity contribution in [1.82, 2.24) is 9.88 Å². The number of nitrogens with zero attached hydrogens (tertiary/aromatic N) is 2. The standard InChI is InChI=1S/C14H23N3/c1-11-6-7-16-9-13(11)14(8-15)17(2)10-12-4-3-5-12/h6-7,9,12,14H,3-5,8,10,15H2,1-2H3. The van der Waals surface area contributed by atoms with Crippen molar-refractivity contribution in [2.24, 2.45) is 11.7 Å². The minimum Gasteiger partial charge on any atom is -0.329 e. The van der Waals surface area contributed by atoms with Crippen LogP contribution in [0.3, 0.4) is 0 Å². The second-order valence-electron chi connectivity index (χ2n) is 5.22. The highest BCUT2D eigenvalue weighted by molar-refractivity contribution is 5.25. The van der Waals surface area contributed by atoms with Gasteiger partial charge in [0.15, 0.2) is 0 Å². The van der Waals surface area contributed by atoms with Gasteiger partial charge in [-0.05, 0) is 49.9 Å². The van der Waals surface area contributed by atoms with Crippen molar-refractivity contribution < 1.29 is 0 Å². The van der Waals surface area contributed by atoms with Crippen molar-refractivity contribution in [3.05, 3.63) is 29.6 Å². The number of hydrogen-bond donors (Lipinski definition) is 1. The first kappa shape index (κ1) is 12.5. The number of pyridine rings is 1. The number of rotatable bonds is 5. The van der Waals surface area contributed by atoms with E-state index in [1.54, 1.807) is 0 Å². The molecule has 1 aliphatic rings. The minimum absolute atomic E-state index is 0.310. The van der Waals surface area contributed by atoms with E-state index >= 15 is 0 Å². The Bertz CT molecular complexity index is 360. The molecule has 0 spiro atoms. The Kier molecular flexibility index (Phi) is 4.13. The minimum atomic E-state index is 0.310. The first-order valence-electron chi connectivity index (χ1n) is 6.53. The van der Waals surface area contributed by atoms with Crippen LogP contribution in [0.15, 0.2) is 18.5 Å². The van der Waals surface area contributed by atoms with Gasteiger partial charge in [-0.25, -0.2) is 0 Å². The van der Waals surface area contributed by atoms with Crippen molar-refractivity contribution in [1.29, 1.82) is 0 Å². The van der Waals surface area contributed by atoms with Gasteiger partial charge in [0, 0.05) is 31.5 Å². The summed E-state index contributed by atoms with van der Waals surface area (Å²) < 4.78 is 0. The maximum Gasteiger partial charge on any atom is 0.0485 e. The second-order valence-corrected chi connectivity index (χ2v) is 5.22. The van der Waals surface area contributed by atoms with Gasteiger partial charge in [0.2, 0.25) is 0 Å². The van der Waals surface area contributed by atoms with Gasteiger partial charge in [0.1, 0.15) is 0 Å². The van der Waals surface area contributed by atoms with E-state index < -0.39 is 0 Å². The summed E-state index contributed by atoms with van der Waals surface area (Å²) in [6, 6.07) is 2.37. The highest BCUT2D eigenvalue weighted by Gasteiger charge is 2.24. The van der Waals surface area contributed by atoms with Crippen molar-refractivity contribution >= 4 is 0 Å². The topological polar surface area (TPSA) is 42.1 Å². The van der Waals surface area contributed by atoms with Gasteiger partial charge in [-0.3, -0.25) is 9.88 Å². The molecule has 2 N–H and O–H groups in total. The molecule has 1 atom stereocenters. The van der Waals surface area contributed by atoms with E-state index in [1.165, 1.54) is 30.4 Å². The van der Waals surface area contributed by atoms with Gasteiger partial charge in [-0.15, -0.1) is 0 Å². The molecule has 17 heavy (non-hydrogen) atoms. The van der Waals surface area contributed by atoms with Crippen LogP contribution < -0.4 is 5.73 Å². The molecule has 1 fully saturated rings. The summed E-state index contributed by atoms with van der Waals surface area (Å²) in [5.74, 6) is 0.881. The number of likely N-dealkylation sites (N-methyl/N-ethyl adjacent to an activating group) is 1. The van der Waals surface area contributed by atoms with Crippen LogP contribution in [0.5, 0.6) is 0 Å². The van der Waals surface area contributed by atoms with Crippen LogP contribution >= 0.6 is 0 Å². The lowest BCUT2D eigenvalue weighted by Crippen LogP contribution is -2.36. The van der Waals surface area contributed by atoms with Gasteiger partial charge < -0.3 is 5.73 Å². The third-order valence-electron chi connectivity index (χ3n) is 3.96. The molecule has 0 radical (unpaired) electrons. The largest absolute Gasteiger partial charge is 0.329 e. The molecule has 1 aromatic heterocycles. The first-order valence-corrected chi connectivity index (χ1v) is 6.53. The summed E-state index contributed by atoms with van der Waals surface area (Å²) in [5.41, 5.74) is 8.50. The summed E-state index contributed by atoms with van der Waals surface area (Å²) in [6.07, 6.45) is 7.97. The molecule has 0 bridgehead atoms. The Morgan fingerprint density at radius 2 is 2.29 bits per heavy atom. The molecule has 0 aliphatic heterocycles. The second kappa shape index (κ2) is 5.61. The Morgan fingerprint density at radius 1 is 1.53 bits per heavy atom. The fourth-order valence-corrected chi connectivity index (χ4v) is 2.58. The lowest BCUT2D eigenvalue weighted by atomic mass is 9.84. The van der Waals surface area contributed by atoms with Crippen LogP contribution in [0.2, 0.25) is 0 Å². The maximum atomic E-state index is 5.94. The number of hydrogen-bond acceptors (Lipinski definition) is 3. The zero-order valence-corrected chi connectivity index (χ0v) is 10.9. The molecular formula is C14H23N3. The van der Waals surface area contributed by atoms with Crippen LogP contribution in [0, 0.1) is 12.8 Å². The molecule has 1 unspecified atom stereocenters. The average molecular weight is 233 g/mol. The zero-order chi connectivity index (χ0) is 12.3. The monoisotopic (exact) mass is 233 g/mol. The van der Waals surface area contributed by atoms with Crippen LogP contribution in [-0.2, 0) is 0 Å². The Morgan fingerprint density at radius 3 is 2.82 bits per heavy atom. The van der Waals surface area contributed by atoms with Crippen LogP contribution in [-0.4, -0.2) is 30.0 Å². The van der Waals surface area contributed by atoms with Crippen LogP contribution in [0.4, 0.5) is 0 Å². The summed E-state index contributed by atoms with van der Waals surface area (Å²) in [7, 11) is 2.18. The van der Waals surface area contributed by atoms with Crippen LogP contribution in [0.25, 0.3) is 0 Å². The van der Waals surface area contributed by atoms with Crippen molar-refractivity contribution in [3.63, 3.8) is 0 Å². The Hall–Kier alpha value is -0.930. The molecule has 94 valence electrons. The third-order valence-corrected chi connectivity index (χ3v) is 3.96. The number of aromatic nitrogens is 1. The fourth-order valence-electron chi connectivity index (χ4n) is 2.58. The first-order chi connectivity index (χ1) is 8.22. The summed E-state index contributed by atoms with van der Waals surface area (Å²) in [4.78, 5) is 6.62. The summed E-state index contributed by atoms with van der Waals surface area (Å²) in [6.45, 7) is 3.96. The number of nitrogens with two attached hydrogens (primary N) is 1. The van der Waals surface area contributed by atoms with Gasteiger partial charge in [-0.2, -0.15) is 0 Å². The predicted molar refractivity (Wildman–Crippen MR) is 70.7 cm³/mol. The highest BCUT2D eigenvalue weighted by Crippen LogP contribution is 2.29. The van der Waals surface area contributed by atoms with E-state index in [-0.39, 0.29) is 0 Å². The molecule has 1 aliphatic carbocycles.